The van der Waals surface area contributed by atoms with Crippen molar-refractivity contribution in [2.75, 3.05) is 31.2 Å². The summed E-state index contributed by atoms with van der Waals surface area (Å²) in [5, 5.41) is 9.72. The number of fused-ring (bicyclic) bond motifs is 2. The van der Waals surface area contributed by atoms with E-state index in [2.05, 4.69) is 0 Å². The number of nitrogens with zero attached hydrogens (tertiary/aromatic N) is 2. The van der Waals surface area contributed by atoms with E-state index >= 15 is 0 Å². The van der Waals surface area contributed by atoms with E-state index in [0.717, 1.165) is 0 Å². The summed E-state index contributed by atoms with van der Waals surface area (Å²) in [6.07, 6.45) is 9.10. The molecule has 2 saturated heterocycles. The Kier molecular flexibility index (Phi) is 6.23. The van der Waals surface area contributed by atoms with Gasteiger partial charge in [-0.15, -0.1) is 0 Å². The first kappa shape index (κ1) is 24.0. The molecule has 0 bridgehead atoms. The highest BCUT2D eigenvalue weighted by Gasteiger charge is 2.74. The van der Waals surface area contributed by atoms with Gasteiger partial charge in [0.05, 0.1) is 11.5 Å². The van der Waals surface area contributed by atoms with Crippen LogP contribution in [0.5, 0.6) is 0 Å². The third kappa shape index (κ3) is 3.79. The Morgan fingerprint density at radius 2 is 1.80 bits per heavy atom. The lowest BCUT2D eigenvalue weighted by molar-refractivity contribution is -0.156. The molecule has 0 saturated carbocycles. The molecule has 1 aromatic carbocycles. The maximum absolute atomic E-state index is 14.2. The number of hydrogen-bond acceptors (Lipinski definition) is 6. The number of hydrogen-bond donors (Lipinski definition) is 1. The second-order valence-electron chi connectivity index (χ2n) is 9.67. The van der Waals surface area contributed by atoms with Crippen LogP contribution in [0.2, 0.25) is 5.02 Å². The van der Waals surface area contributed by atoms with E-state index in [0.29, 0.717) is 43.1 Å². The summed E-state index contributed by atoms with van der Waals surface area (Å²) in [6.45, 7) is 2.59. The zero-order valence-corrected chi connectivity index (χ0v) is 20.3. The molecule has 0 aromatic heterocycles. The molecule has 35 heavy (non-hydrogen) atoms. The van der Waals surface area contributed by atoms with Crippen LogP contribution in [0.25, 0.3) is 0 Å². The molecule has 4 aliphatic rings. The first-order valence-corrected chi connectivity index (χ1v) is 12.4. The van der Waals surface area contributed by atoms with Gasteiger partial charge in [-0.05, 0) is 56.5 Å². The average molecular weight is 501 g/mol. The van der Waals surface area contributed by atoms with Crippen molar-refractivity contribution in [1.29, 1.82) is 0 Å². The van der Waals surface area contributed by atoms with Gasteiger partial charge in [0.1, 0.15) is 24.2 Å². The van der Waals surface area contributed by atoms with Crippen molar-refractivity contribution in [2.24, 2.45) is 11.8 Å². The van der Waals surface area contributed by atoms with Gasteiger partial charge in [-0.25, -0.2) is 0 Å². The summed E-state index contributed by atoms with van der Waals surface area (Å²) in [5.74, 6) is -2.79. The molecular weight excluding hydrogens is 472 g/mol. The molecule has 0 aliphatic carbocycles. The van der Waals surface area contributed by atoms with Gasteiger partial charge in [-0.3, -0.25) is 14.4 Å². The molecule has 4 aliphatic heterocycles. The number of halogens is 1. The normalized spacial score (nSPS) is 33.8. The van der Waals surface area contributed by atoms with Gasteiger partial charge < -0.3 is 24.4 Å². The molecule has 1 N–H and O–H groups in total. The number of amides is 2. The van der Waals surface area contributed by atoms with Gasteiger partial charge in [-0.1, -0.05) is 29.8 Å². The summed E-state index contributed by atoms with van der Waals surface area (Å²) in [5.41, 5.74) is -1.71. The zero-order valence-electron chi connectivity index (χ0n) is 19.6. The van der Waals surface area contributed by atoms with Crippen molar-refractivity contribution >= 4 is 35.1 Å². The first-order valence-electron chi connectivity index (χ1n) is 12.0. The molecule has 8 nitrogen and oxygen atoms in total. The highest BCUT2D eigenvalue weighted by atomic mass is 35.5. The quantitative estimate of drug-likeness (QED) is 0.366. The number of aliphatic hydroxyl groups is 1. The lowest BCUT2D eigenvalue weighted by atomic mass is 9.75. The Bertz CT molecular complexity index is 1090. The third-order valence-corrected chi connectivity index (χ3v) is 7.76. The number of carbonyl (C=O) groups excluding carboxylic acids is 3. The number of carbonyl (C=O) groups is 3. The number of unbranched alkanes of at least 4 members (excludes halogenated alkanes) is 2. The van der Waals surface area contributed by atoms with Crippen LogP contribution in [0.4, 0.5) is 5.69 Å². The number of ether oxygens (including phenoxy) is 2. The minimum atomic E-state index is -1.30. The smallest absolute Gasteiger partial charge is 0.313 e. The van der Waals surface area contributed by atoms with E-state index in [-0.39, 0.29) is 25.0 Å². The van der Waals surface area contributed by atoms with Crippen LogP contribution in [0.15, 0.2) is 48.6 Å². The summed E-state index contributed by atoms with van der Waals surface area (Å²) in [4.78, 5) is 44.4. The monoisotopic (exact) mass is 500 g/mol. The predicted molar refractivity (Wildman–Crippen MR) is 129 cm³/mol. The minimum absolute atomic E-state index is 0.0671. The highest BCUT2D eigenvalue weighted by Crippen LogP contribution is 2.57. The lowest BCUT2D eigenvalue weighted by Gasteiger charge is -2.37. The van der Waals surface area contributed by atoms with Crippen LogP contribution < -0.4 is 4.90 Å². The second-order valence-corrected chi connectivity index (χ2v) is 10.1. The third-order valence-electron chi connectivity index (χ3n) is 7.51. The first-order chi connectivity index (χ1) is 16.8. The van der Waals surface area contributed by atoms with Crippen molar-refractivity contribution < 1.29 is 29.0 Å². The SMILES string of the molecule is C[C@]12C=CCOC(=O)[C@H]1[C@H]1C(=O)N(CCCCCO)C3C(=O)N(c4ccc(Cl)cc4)CC=C[C@@]31O2. The highest BCUT2D eigenvalue weighted by molar-refractivity contribution is 6.30. The van der Waals surface area contributed by atoms with E-state index in [9.17, 15) is 14.4 Å². The molecule has 5 rings (SSSR count). The predicted octanol–water partition coefficient (Wildman–Crippen LogP) is 2.49. The van der Waals surface area contributed by atoms with E-state index < -0.39 is 35.0 Å². The van der Waals surface area contributed by atoms with Crippen LogP contribution in [0.1, 0.15) is 26.2 Å². The Morgan fingerprint density at radius 1 is 1.03 bits per heavy atom. The summed E-state index contributed by atoms with van der Waals surface area (Å²) in [6, 6.07) is 6.04. The van der Waals surface area contributed by atoms with Crippen LogP contribution in [-0.2, 0) is 23.9 Å². The van der Waals surface area contributed by atoms with Crippen LogP contribution in [0, 0.1) is 11.8 Å². The van der Waals surface area contributed by atoms with E-state index in [1.807, 2.05) is 12.2 Å². The minimum Gasteiger partial charge on any atom is -0.461 e. The Balaban J connectivity index is 1.59. The molecule has 2 fully saturated rings. The average Bonchev–Trinajstić information content (AvgIpc) is 3.08. The topological polar surface area (TPSA) is 96.4 Å². The van der Waals surface area contributed by atoms with E-state index in [4.69, 9.17) is 26.2 Å². The van der Waals surface area contributed by atoms with Crippen molar-refractivity contribution in [1.82, 2.24) is 4.90 Å². The maximum Gasteiger partial charge on any atom is 0.313 e. The molecular formula is C26H29ClN2O6. The molecule has 1 spiro atoms. The number of likely N-dealkylation sites (tertiary alicyclic amines) is 1. The van der Waals surface area contributed by atoms with Crippen LogP contribution in [0.3, 0.4) is 0 Å². The molecule has 9 heteroatoms. The fourth-order valence-corrected chi connectivity index (χ4v) is 6.14. The molecule has 186 valence electrons. The second kappa shape index (κ2) is 9.08. The van der Waals surface area contributed by atoms with Gasteiger partial charge in [0.2, 0.25) is 5.91 Å². The van der Waals surface area contributed by atoms with Gasteiger partial charge in [0, 0.05) is 30.4 Å². The maximum atomic E-state index is 14.2. The van der Waals surface area contributed by atoms with Gasteiger partial charge in [0.25, 0.3) is 5.91 Å². The number of cyclic esters (lactones) is 1. The van der Waals surface area contributed by atoms with E-state index in [1.54, 1.807) is 53.1 Å². The van der Waals surface area contributed by atoms with Crippen molar-refractivity contribution in [3.05, 3.63) is 53.6 Å². The Hall–Kier alpha value is -2.68. The number of esters is 1. The summed E-state index contributed by atoms with van der Waals surface area (Å²) < 4.78 is 12.0. The van der Waals surface area contributed by atoms with Gasteiger partial charge >= 0.3 is 5.97 Å². The number of anilines is 1. The fraction of sp³-hybridized carbons (Fsp3) is 0.500. The molecule has 1 unspecified atom stereocenters. The zero-order chi connectivity index (χ0) is 24.8. The van der Waals surface area contributed by atoms with Gasteiger partial charge in [0.15, 0.2) is 0 Å². The van der Waals surface area contributed by atoms with Crippen molar-refractivity contribution in [2.45, 2.75) is 43.4 Å². The standard InChI is InChI=1S/C26H29ClN2O6/c1-25-11-6-16-34-24(33)20(25)19-22(31)29(13-3-2-4-15-30)21-23(32)28(14-5-12-26(19,21)35-25)18-9-7-17(27)8-10-18/h5-12,19-21,30H,2-4,13-16H2,1H3/t19-,20+,21?,25-,26-/m0/s1. The fourth-order valence-electron chi connectivity index (χ4n) is 6.02. The Labute approximate surface area is 209 Å². The largest absolute Gasteiger partial charge is 0.461 e. The molecule has 4 heterocycles. The number of rotatable bonds is 6. The van der Waals surface area contributed by atoms with Crippen LogP contribution in [-0.4, -0.2) is 71.3 Å². The summed E-state index contributed by atoms with van der Waals surface area (Å²) in [7, 11) is 0. The van der Waals surface area contributed by atoms with Crippen molar-refractivity contribution in [3.63, 3.8) is 0 Å². The van der Waals surface area contributed by atoms with Gasteiger partial charge in [-0.2, -0.15) is 0 Å². The molecule has 5 atom stereocenters. The summed E-state index contributed by atoms with van der Waals surface area (Å²) >= 11 is 6.06. The number of aliphatic hydroxyl groups excluding tert-OH is 1. The molecule has 2 amide bonds. The molecule has 0 radical (unpaired) electrons. The van der Waals surface area contributed by atoms with Crippen LogP contribution >= 0.6 is 11.6 Å². The van der Waals surface area contributed by atoms with Crippen molar-refractivity contribution in [3.8, 4) is 0 Å². The lowest BCUT2D eigenvalue weighted by Crippen LogP contribution is -2.56. The van der Waals surface area contributed by atoms with E-state index in [1.165, 1.54) is 0 Å². The number of benzene rings is 1. The molecule has 1 aromatic rings. The Morgan fingerprint density at radius 3 is 2.54 bits per heavy atom.